The van der Waals surface area contributed by atoms with Crippen molar-refractivity contribution in [1.29, 1.82) is 0 Å². The van der Waals surface area contributed by atoms with E-state index in [0.717, 1.165) is 0 Å². The number of nitrogens with one attached hydrogen (secondary N) is 2. The van der Waals surface area contributed by atoms with Gasteiger partial charge in [-0.15, -0.1) is 0 Å². The number of hydrogen-bond acceptors (Lipinski definition) is 5. The molecule has 0 aliphatic carbocycles. The van der Waals surface area contributed by atoms with Crippen LogP contribution in [0.1, 0.15) is 19.8 Å². The van der Waals surface area contributed by atoms with Crippen molar-refractivity contribution in [1.82, 2.24) is 19.7 Å². The number of fused-ring (bicyclic) bond motifs is 1. The van der Waals surface area contributed by atoms with E-state index < -0.39 is 10.0 Å². The van der Waals surface area contributed by atoms with Crippen LogP contribution in [-0.2, 0) is 14.8 Å². The molecule has 1 aliphatic rings. The third kappa shape index (κ3) is 3.20. The highest BCUT2D eigenvalue weighted by Crippen LogP contribution is 2.23. The largest absolute Gasteiger partial charge is 0.324 e. The van der Waals surface area contributed by atoms with Crippen LogP contribution in [0, 0.1) is 5.92 Å². The molecule has 1 unspecified atom stereocenters. The van der Waals surface area contributed by atoms with Crippen molar-refractivity contribution in [2.75, 3.05) is 24.2 Å². The van der Waals surface area contributed by atoms with Crippen LogP contribution >= 0.6 is 0 Å². The lowest BCUT2D eigenvalue weighted by molar-refractivity contribution is -0.120. The Balaban J connectivity index is 1.74. The second kappa shape index (κ2) is 6.25. The van der Waals surface area contributed by atoms with Crippen molar-refractivity contribution in [3.63, 3.8) is 0 Å². The van der Waals surface area contributed by atoms with Crippen LogP contribution in [0.3, 0.4) is 0 Å². The summed E-state index contributed by atoms with van der Waals surface area (Å²) in [4.78, 5) is 12.5. The quantitative estimate of drug-likeness (QED) is 0.864. The summed E-state index contributed by atoms with van der Waals surface area (Å²) in [6.07, 6.45) is 1.36. The maximum Gasteiger partial charge on any atom is 0.228 e. The van der Waals surface area contributed by atoms with Gasteiger partial charge < -0.3 is 5.32 Å². The maximum absolute atomic E-state index is 12.5. The number of aromatic nitrogens is 3. The van der Waals surface area contributed by atoms with E-state index in [1.807, 2.05) is 0 Å². The van der Waals surface area contributed by atoms with Crippen LogP contribution in [0.25, 0.3) is 11.0 Å². The summed E-state index contributed by atoms with van der Waals surface area (Å²) in [5, 5.41) is 13.4. The van der Waals surface area contributed by atoms with Crippen molar-refractivity contribution in [3.05, 3.63) is 18.2 Å². The van der Waals surface area contributed by atoms with E-state index >= 15 is 0 Å². The topological polar surface area (TPSA) is 108 Å². The number of rotatable bonds is 4. The number of benzene rings is 1. The van der Waals surface area contributed by atoms with Gasteiger partial charge in [0.1, 0.15) is 11.0 Å². The SMILES string of the molecule is CCS(=O)(=O)N1CCCC(C(=O)Nc2cccc3n[nH]nc23)C1. The van der Waals surface area contributed by atoms with E-state index in [-0.39, 0.29) is 24.1 Å². The fourth-order valence-electron chi connectivity index (χ4n) is 2.80. The second-order valence-electron chi connectivity index (χ2n) is 5.58. The number of sulfonamides is 1. The third-order valence-electron chi connectivity index (χ3n) is 4.12. The number of hydrogen-bond donors (Lipinski definition) is 2. The van der Waals surface area contributed by atoms with E-state index in [9.17, 15) is 13.2 Å². The summed E-state index contributed by atoms with van der Waals surface area (Å²) >= 11 is 0. The molecule has 8 nitrogen and oxygen atoms in total. The van der Waals surface area contributed by atoms with Gasteiger partial charge in [-0.2, -0.15) is 15.4 Å². The zero-order chi connectivity index (χ0) is 16.4. The Morgan fingerprint density at radius 3 is 3.04 bits per heavy atom. The molecule has 2 N–H and O–H groups in total. The molecular weight excluding hydrogens is 318 g/mol. The molecule has 0 radical (unpaired) electrons. The Labute approximate surface area is 134 Å². The Kier molecular flexibility index (Phi) is 4.31. The molecule has 3 rings (SSSR count). The highest BCUT2D eigenvalue weighted by molar-refractivity contribution is 7.89. The molecule has 2 aromatic rings. The molecule has 1 aromatic carbocycles. The van der Waals surface area contributed by atoms with Gasteiger partial charge in [0.15, 0.2) is 0 Å². The molecule has 1 atom stereocenters. The molecule has 0 saturated carbocycles. The van der Waals surface area contributed by atoms with Gasteiger partial charge in [0.25, 0.3) is 0 Å². The maximum atomic E-state index is 12.5. The van der Waals surface area contributed by atoms with Crippen molar-refractivity contribution < 1.29 is 13.2 Å². The normalized spacial score (nSPS) is 19.8. The first-order valence-corrected chi connectivity index (χ1v) is 9.20. The number of H-pyrrole nitrogens is 1. The van der Waals surface area contributed by atoms with Gasteiger partial charge in [-0.25, -0.2) is 12.7 Å². The fourth-order valence-corrected chi connectivity index (χ4v) is 3.97. The first kappa shape index (κ1) is 15.9. The first-order valence-electron chi connectivity index (χ1n) is 7.59. The zero-order valence-electron chi connectivity index (χ0n) is 12.8. The summed E-state index contributed by atoms with van der Waals surface area (Å²) in [5.41, 5.74) is 1.84. The molecule has 1 saturated heterocycles. The van der Waals surface area contributed by atoms with Crippen LogP contribution in [0.2, 0.25) is 0 Å². The Morgan fingerprint density at radius 1 is 1.43 bits per heavy atom. The van der Waals surface area contributed by atoms with Gasteiger partial charge in [0.05, 0.1) is 17.4 Å². The molecule has 124 valence electrons. The van der Waals surface area contributed by atoms with Gasteiger partial charge in [0, 0.05) is 13.1 Å². The fraction of sp³-hybridized carbons (Fsp3) is 0.500. The summed E-state index contributed by atoms with van der Waals surface area (Å²) in [5.74, 6) is -0.483. The smallest absolute Gasteiger partial charge is 0.228 e. The molecule has 1 amide bonds. The van der Waals surface area contributed by atoms with Gasteiger partial charge in [-0.3, -0.25) is 4.79 Å². The Morgan fingerprint density at radius 2 is 2.26 bits per heavy atom. The minimum Gasteiger partial charge on any atom is -0.324 e. The van der Waals surface area contributed by atoms with E-state index in [1.165, 1.54) is 4.31 Å². The predicted molar refractivity (Wildman–Crippen MR) is 86.3 cm³/mol. The van der Waals surface area contributed by atoms with Gasteiger partial charge in [-0.1, -0.05) is 6.07 Å². The van der Waals surface area contributed by atoms with E-state index in [4.69, 9.17) is 0 Å². The number of carbonyl (C=O) groups excluding carboxylic acids is 1. The van der Waals surface area contributed by atoms with E-state index in [2.05, 4.69) is 20.7 Å². The minimum absolute atomic E-state index is 0.0551. The van der Waals surface area contributed by atoms with Crippen LogP contribution < -0.4 is 5.32 Å². The molecule has 9 heteroatoms. The molecule has 23 heavy (non-hydrogen) atoms. The number of piperidine rings is 1. The van der Waals surface area contributed by atoms with Crippen molar-refractivity contribution in [2.45, 2.75) is 19.8 Å². The third-order valence-corrected chi connectivity index (χ3v) is 5.97. The monoisotopic (exact) mass is 337 g/mol. The number of carbonyl (C=O) groups is 1. The van der Waals surface area contributed by atoms with Crippen molar-refractivity contribution >= 4 is 32.7 Å². The molecule has 1 aliphatic heterocycles. The van der Waals surface area contributed by atoms with Crippen molar-refractivity contribution in [3.8, 4) is 0 Å². The summed E-state index contributed by atoms with van der Waals surface area (Å²) < 4.78 is 25.4. The Bertz CT molecular complexity index is 817. The lowest BCUT2D eigenvalue weighted by Gasteiger charge is -2.30. The number of nitrogens with zero attached hydrogens (tertiary/aromatic N) is 3. The molecule has 0 bridgehead atoms. The molecule has 0 spiro atoms. The number of aromatic amines is 1. The van der Waals surface area contributed by atoms with Crippen LogP contribution in [0.4, 0.5) is 5.69 Å². The second-order valence-corrected chi connectivity index (χ2v) is 7.84. The van der Waals surface area contributed by atoms with E-state index in [0.29, 0.717) is 36.1 Å². The predicted octanol–water partition coefficient (Wildman–Crippen LogP) is 0.958. The van der Waals surface area contributed by atoms with Crippen LogP contribution in [0.15, 0.2) is 18.2 Å². The molecular formula is C14H19N5O3S. The van der Waals surface area contributed by atoms with Gasteiger partial charge in [-0.05, 0) is 31.9 Å². The van der Waals surface area contributed by atoms with Crippen LogP contribution in [0.5, 0.6) is 0 Å². The lowest BCUT2D eigenvalue weighted by Crippen LogP contribution is -2.44. The molecule has 2 heterocycles. The summed E-state index contributed by atoms with van der Waals surface area (Å²) in [7, 11) is -3.26. The summed E-state index contributed by atoms with van der Waals surface area (Å²) in [6.45, 7) is 2.33. The molecule has 1 fully saturated rings. The first-order chi connectivity index (χ1) is 11.0. The number of para-hydroxylation sites is 1. The van der Waals surface area contributed by atoms with Crippen LogP contribution in [-0.4, -0.2) is 52.9 Å². The Hall–Kier alpha value is -2.00. The summed E-state index contributed by atoms with van der Waals surface area (Å²) in [6, 6.07) is 5.34. The van der Waals surface area contributed by atoms with E-state index in [1.54, 1.807) is 25.1 Å². The average molecular weight is 337 g/mol. The lowest BCUT2D eigenvalue weighted by atomic mass is 9.98. The van der Waals surface area contributed by atoms with Gasteiger partial charge >= 0.3 is 0 Å². The van der Waals surface area contributed by atoms with Gasteiger partial charge in [0.2, 0.25) is 15.9 Å². The highest BCUT2D eigenvalue weighted by Gasteiger charge is 2.31. The zero-order valence-corrected chi connectivity index (χ0v) is 13.6. The molecule has 1 aromatic heterocycles. The number of amides is 1. The minimum atomic E-state index is -3.26. The highest BCUT2D eigenvalue weighted by atomic mass is 32.2. The van der Waals surface area contributed by atoms with Crippen molar-refractivity contribution in [2.24, 2.45) is 5.92 Å². The average Bonchev–Trinajstić information content (AvgIpc) is 3.04. The number of anilines is 1. The standard InChI is InChI=1S/C14H19N5O3S/c1-2-23(21,22)19-8-4-5-10(9-19)14(20)15-11-6-3-7-12-13(11)17-18-16-12/h3,6-7,10H,2,4-5,8-9H2,1H3,(H,15,20)(H,16,17,18).